The van der Waals surface area contributed by atoms with E-state index < -0.39 is 11.6 Å². The van der Waals surface area contributed by atoms with Gasteiger partial charge >= 0.3 is 0 Å². The average molecular weight is 427 g/mol. The predicted octanol–water partition coefficient (Wildman–Crippen LogP) is 3.28. The summed E-state index contributed by atoms with van der Waals surface area (Å²) in [6.07, 6.45) is 4.03. The quantitative estimate of drug-likeness (QED) is 0.583. The van der Waals surface area contributed by atoms with Gasteiger partial charge in [-0.25, -0.2) is 0 Å². The predicted molar refractivity (Wildman–Crippen MR) is 118 cm³/mol. The molecule has 0 spiro atoms. The van der Waals surface area contributed by atoms with Crippen LogP contribution in [-0.2, 0) is 9.59 Å². The molecule has 2 amide bonds. The number of hydrogen-bond donors (Lipinski definition) is 4. The molecule has 1 saturated carbocycles. The minimum absolute atomic E-state index is 0.0998. The highest BCUT2D eigenvalue weighted by Crippen LogP contribution is 2.35. The summed E-state index contributed by atoms with van der Waals surface area (Å²) in [7, 11) is 0. The zero-order valence-corrected chi connectivity index (χ0v) is 18.2. The van der Waals surface area contributed by atoms with Crippen molar-refractivity contribution >= 4 is 23.2 Å². The Bertz CT molecular complexity index is 968. The van der Waals surface area contributed by atoms with Crippen molar-refractivity contribution in [2.75, 3.05) is 10.6 Å². The number of hydrogen-bond acceptors (Lipinski definition) is 6. The Kier molecular flexibility index (Phi) is 5.75. The first kappa shape index (κ1) is 21.4. The maximum absolute atomic E-state index is 12.8. The van der Waals surface area contributed by atoms with Crippen LogP contribution in [-0.4, -0.2) is 39.8 Å². The molecule has 1 atom stereocenters. The summed E-state index contributed by atoms with van der Waals surface area (Å²) in [6.45, 7) is 5.63. The number of benzene rings is 1. The number of carbonyl (C=O) groups is 2. The largest absolute Gasteiger partial charge is 0.390 e. The number of carbonyl (C=O) groups excluding carboxylic acids is 2. The number of aliphatic hydroxyl groups is 1. The van der Waals surface area contributed by atoms with E-state index in [1.807, 2.05) is 39.0 Å². The van der Waals surface area contributed by atoms with E-state index in [0.717, 1.165) is 48.2 Å². The summed E-state index contributed by atoms with van der Waals surface area (Å²) in [5.41, 5.74) is 3.46. The molecule has 166 valence electrons. The van der Waals surface area contributed by atoms with E-state index in [1.54, 1.807) is 0 Å². The molecule has 0 unspecified atom stereocenters. The van der Waals surface area contributed by atoms with Crippen molar-refractivity contribution in [1.29, 1.82) is 0 Å². The van der Waals surface area contributed by atoms with Crippen molar-refractivity contribution in [2.45, 2.75) is 77.0 Å². The van der Waals surface area contributed by atoms with Crippen LogP contribution in [0.25, 0.3) is 11.1 Å². The third-order valence-corrected chi connectivity index (χ3v) is 6.33. The van der Waals surface area contributed by atoms with Crippen LogP contribution in [0.3, 0.4) is 0 Å². The first-order chi connectivity index (χ1) is 14.7. The number of nitrogens with one attached hydrogen (secondary N) is 3. The number of nitrogens with zero attached hydrogens (tertiary/aromatic N) is 1. The fraction of sp³-hybridized carbons (Fsp3) is 0.522. The summed E-state index contributed by atoms with van der Waals surface area (Å²) in [5, 5.41) is 23.5. The van der Waals surface area contributed by atoms with Crippen LogP contribution in [0, 0.1) is 13.8 Å². The number of aryl methyl sites for hydroxylation is 2. The molecule has 4 rings (SSSR count). The lowest BCUT2D eigenvalue weighted by molar-refractivity contribution is -0.122. The zero-order valence-electron chi connectivity index (χ0n) is 18.2. The van der Waals surface area contributed by atoms with Crippen molar-refractivity contribution in [3.63, 3.8) is 0 Å². The maximum Gasteiger partial charge on any atom is 0.247 e. The van der Waals surface area contributed by atoms with Crippen molar-refractivity contribution in [1.82, 2.24) is 10.5 Å². The first-order valence-corrected chi connectivity index (χ1v) is 10.9. The maximum atomic E-state index is 12.8. The monoisotopic (exact) mass is 426 g/mol. The first-order valence-electron chi connectivity index (χ1n) is 10.9. The fourth-order valence-electron chi connectivity index (χ4n) is 4.46. The molecule has 1 aliphatic heterocycles. The lowest BCUT2D eigenvalue weighted by atomic mass is 9.83. The van der Waals surface area contributed by atoms with Gasteiger partial charge in [-0.3, -0.25) is 9.59 Å². The topological polar surface area (TPSA) is 116 Å². The summed E-state index contributed by atoms with van der Waals surface area (Å²) in [6, 6.07) is 5.56. The molecule has 2 aromatic rings. The van der Waals surface area contributed by atoms with Crippen LogP contribution in [0.1, 0.15) is 56.9 Å². The molecule has 1 aliphatic carbocycles. The molecule has 2 aliphatic rings. The number of rotatable bonds is 5. The second-order valence-electron chi connectivity index (χ2n) is 9.02. The van der Waals surface area contributed by atoms with Gasteiger partial charge in [0.1, 0.15) is 11.8 Å². The lowest BCUT2D eigenvalue weighted by Crippen LogP contribution is -2.38. The highest BCUT2D eigenvalue weighted by Gasteiger charge is 2.30. The molecule has 31 heavy (non-hydrogen) atoms. The average Bonchev–Trinajstić information content (AvgIpc) is 3.30. The molecule has 1 aromatic carbocycles. The van der Waals surface area contributed by atoms with Crippen LogP contribution in [0.15, 0.2) is 22.7 Å². The Hall–Kier alpha value is -2.87. The molecule has 1 aromatic heterocycles. The highest BCUT2D eigenvalue weighted by molar-refractivity contribution is 6.01. The van der Waals surface area contributed by atoms with Gasteiger partial charge < -0.3 is 25.6 Å². The van der Waals surface area contributed by atoms with Gasteiger partial charge in [-0.2, -0.15) is 0 Å². The standard InChI is InChI=1S/C23H30N4O4/c1-13-21(14(2)31-27-13)15-4-5-17(24-16-8-10-23(3,30)11-9-16)19(12-15)26-22(29)18-6-7-20(28)25-18/h4-5,12,16,18,24,30H,6-11H2,1-3H3,(H,25,28)(H,26,29)/t16?,18-,23?/m0/s1. The third-order valence-electron chi connectivity index (χ3n) is 6.33. The summed E-state index contributed by atoms with van der Waals surface area (Å²) >= 11 is 0. The summed E-state index contributed by atoms with van der Waals surface area (Å²) in [5.74, 6) is 0.390. The zero-order chi connectivity index (χ0) is 22.2. The number of aromatic nitrogens is 1. The molecule has 1 saturated heterocycles. The summed E-state index contributed by atoms with van der Waals surface area (Å²) < 4.78 is 5.31. The van der Waals surface area contributed by atoms with Gasteiger partial charge in [0.2, 0.25) is 11.8 Å². The molecule has 8 nitrogen and oxygen atoms in total. The van der Waals surface area contributed by atoms with Crippen LogP contribution in [0.4, 0.5) is 11.4 Å². The highest BCUT2D eigenvalue weighted by atomic mass is 16.5. The lowest BCUT2D eigenvalue weighted by Gasteiger charge is -2.34. The Morgan fingerprint density at radius 1 is 1.23 bits per heavy atom. The minimum Gasteiger partial charge on any atom is -0.390 e. The van der Waals surface area contributed by atoms with Gasteiger partial charge in [-0.05, 0) is 70.6 Å². The van der Waals surface area contributed by atoms with E-state index in [0.29, 0.717) is 24.3 Å². The van der Waals surface area contributed by atoms with Crippen LogP contribution in [0.2, 0.25) is 0 Å². The second kappa shape index (κ2) is 8.34. The fourth-order valence-corrected chi connectivity index (χ4v) is 4.46. The van der Waals surface area contributed by atoms with Crippen LogP contribution in [0.5, 0.6) is 0 Å². The van der Waals surface area contributed by atoms with Gasteiger partial charge in [0, 0.05) is 18.0 Å². The van der Waals surface area contributed by atoms with Gasteiger partial charge in [0.05, 0.1) is 22.7 Å². The molecule has 2 heterocycles. The van der Waals surface area contributed by atoms with Gasteiger partial charge in [-0.15, -0.1) is 0 Å². The molecule has 0 radical (unpaired) electrons. The molecular weight excluding hydrogens is 396 g/mol. The van der Waals surface area contributed by atoms with E-state index in [4.69, 9.17) is 4.52 Å². The van der Waals surface area contributed by atoms with Crippen molar-refractivity contribution in [2.24, 2.45) is 0 Å². The van der Waals surface area contributed by atoms with Gasteiger partial charge in [0.15, 0.2) is 0 Å². The normalized spacial score (nSPS) is 25.9. The van der Waals surface area contributed by atoms with Crippen LogP contribution < -0.4 is 16.0 Å². The van der Waals surface area contributed by atoms with Crippen molar-refractivity contribution in [3.05, 3.63) is 29.7 Å². The SMILES string of the molecule is Cc1noc(C)c1-c1ccc(NC2CCC(C)(O)CC2)c(NC(=O)[C@@H]2CCC(=O)N2)c1. The Morgan fingerprint density at radius 2 is 1.97 bits per heavy atom. The Balaban J connectivity index is 1.60. The van der Waals surface area contributed by atoms with Crippen LogP contribution >= 0.6 is 0 Å². The summed E-state index contributed by atoms with van der Waals surface area (Å²) in [4.78, 5) is 24.3. The third kappa shape index (κ3) is 4.74. The van der Waals surface area contributed by atoms with Gasteiger partial charge in [-0.1, -0.05) is 11.2 Å². The molecule has 8 heteroatoms. The van der Waals surface area contributed by atoms with Crippen molar-refractivity contribution in [3.8, 4) is 11.1 Å². The molecule has 2 fully saturated rings. The number of anilines is 2. The Labute approximate surface area is 181 Å². The smallest absolute Gasteiger partial charge is 0.247 e. The van der Waals surface area contributed by atoms with Crippen molar-refractivity contribution < 1.29 is 19.2 Å². The van der Waals surface area contributed by atoms with Gasteiger partial charge in [0.25, 0.3) is 0 Å². The van der Waals surface area contributed by atoms with E-state index in [9.17, 15) is 14.7 Å². The molecule has 4 N–H and O–H groups in total. The molecule has 0 bridgehead atoms. The number of amides is 2. The van der Waals surface area contributed by atoms with E-state index in [-0.39, 0.29) is 17.9 Å². The van der Waals surface area contributed by atoms with E-state index >= 15 is 0 Å². The minimum atomic E-state index is -0.608. The second-order valence-corrected chi connectivity index (χ2v) is 9.02. The van der Waals surface area contributed by atoms with E-state index in [2.05, 4.69) is 21.1 Å². The Morgan fingerprint density at radius 3 is 2.58 bits per heavy atom. The van der Waals surface area contributed by atoms with E-state index in [1.165, 1.54) is 0 Å². The molecular formula is C23H30N4O4.